The Labute approximate surface area is 152 Å². The van der Waals surface area contributed by atoms with Crippen molar-refractivity contribution in [3.05, 3.63) is 65.9 Å². The Morgan fingerprint density at radius 3 is 2.74 bits per heavy atom. The van der Waals surface area contributed by atoms with Gasteiger partial charge in [-0.1, -0.05) is 6.07 Å². The Balaban J connectivity index is 1.81. The molecule has 0 fully saturated rings. The summed E-state index contributed by atoms with van der Waals surface area (Å²) in [6.45, 7) is 2.65. The topological polar surface area (TPSA) is 88.5 Å². The van der Waals surface area contributed by atoms with Crippen LogP contribution in [0, 0.1) is 11.6 Å². The number of nitrogens with one attached hydrogen (secondary N) is 2. The number of nitrogens with zero attached hydrogens (tertiary/aromatic N) is 4. The van der Waals surface area contributed by atoms with E-state index in [1.807, 2.05) is 6.92 Å². The summed E-state index contributed by atoms with van der Waals surface area (Å²) in [5.41, 5.74) is 0.482. The summed E-state index contributed by atoms with van der Waals surface area (Å²) in [5, 5.41) is 7.58. The average molecular weight is 368 g/mol. The molecular formula is C18H14F2N6O. The largest absolute Gasteiger partial charge is 0.345 e. The summed E-state index contributed by atoms with van der Waals surface area (Å²) in [4.78, 5) is 23.9. The lowest BCUT2D eigenvalue weighted by molar-refractivity contribution is 0.103. The number of anilines is 2. The average Bonchev–Trinajstić information content (AvgIpc) is 3.28. The molecule has 0 bridgehead atoms. The number of aromatic nitrogens is 5. The molecule has 136 valence electrons. The highest BCUT2D eigenvalue weighted by Crippen LogP contribution is 2.28. The summed E-state index contributed by atoms with van der Waals surface area (Å²) >= 11 is 0. The van der Waals surface area contributed by atoms with E-state index in [1.54, 1.807) is 17.1 Å². The maximum Gasteiger partial charge on any atom is 0.201 e. The highest BCUT2D eigenvalue weighted by Gasteiger charge is 2.24. The predicted molar refractivity (Wildman–Crippen MR) is 94.9 cm³/mol. The Morgan fingerprint density at radius 1 is 1.26 bits per heavy atom. The molecule has 0 aliphatic heterocycles. The van der Waals surface area contributed by atoms with Crippen molar-refractivity contribution in [3.8, 4) is 0 Å². The van der Waals surface area contributed by atoms with Crippen LogP contribution in [0.25, 0.3) is 11.0 Å². The number of hydrogen-bond donors (Lipinski definition) is 2. The lowest BCUT2D eigenvalue weighted by Gasteiger charge is -2.07. The number of H-pyrrole nitrogens is 1. The smallest absolute Gasteiger partial charge is 0.201 e. The number of rotatable bonds is 5. The third-order valence-electron chi connectivity index (χ3n) is 4.12. The van der Waals surface area contributed by atoms with Gasteiger partial charge in [-0.3, -0.25) is 9.48 Å². The first-order valence-corrected chi connectivity index (χ1v) is 8.18. The van der Waals surface area contributed by atoms with Crippen molar-refractivity contribution in [2.24, 2.45) is 0 Å². The molecule has 0 saturated heterocycles. The third-order valence-corrected chi connectivity index (χ3v) is 4.12. The van der Waals surface area contributed by atoms with Gasteiger partial charge in [0, 0.05) is 18.9 Å². The zero-order valence-corrected chi connectivity index (χ0v) is 14.2. The van der Waals surface area contributed by atoms with Gasteiger partial charge in [0.25, 0.3) is 0 Å². The normalized spacial score (nSPS) is 11.1. The van der Waals surface area contributed by atoms with Crippen LogP contribution in [0.2, 0.25) is 0 Å². The second-order valence-corrected chi connectivity index (χ2v) is 5.78. The molecule has 4 rings (SSSR count). The van der Waals surface area contributed by atoms with Crippen LogP contribution >= 0.6 is 0 Å². The minimum Gasteiger partial charge on any atom is -0.345 e. The van der Waals surface area contributed by atoms with Gasteiger partial charge in [-0.05, 0) is 19.1 Å². The van der Waals surface area contributed by atoms with Crippen molar-refractivity contribution in [1.29, 1.82) is 0 Å². The first-order valence-electron chi connectivity index (χ1n) is 8.18. The van der Waals surface area contributed by atoms with Crippen molar-refractivity contribution in [3.63, 3.8) is 0 Å². The summed E-state index contributed by atoms with van der Waals surface area (Å²) in [6, 6.07) is 3.29. The van der Waals surface area contributed by atoms with Gasteiger partial charge in [0.1, 0.15) is 29.4 Å². The molecule has 1 aromatic carbocycles. The van der Waals surface area contributed by atoms with E-state index in [0.29, 0.717) is 29.1 Å². The number of fused-ring (bicyclic) bond motifs is 1. The third kappa shape index (κ3) is 2.92. The van der Waals surface area contributed by atoms with Gasteiger partial charge in [0.15, 0.2) is 0 Å². The fraction of sp³-hybridized carbons (Fsp3) is 0.111. The second-order valence-electron chi connectivity index (χ2n) is 5.78. The molecule has 4 aromatic rings. The zero-order valence-electron chi connectivity index (χ0n) is 14.2. The van der Waals surface area contributed by atoms with Crippen LogP contribution in [-0.4, -0.2) is 30.5 Å². The first kappa shape index (κ1) is 16.8. The van der Waals surface area contributed by atoms with Gasteiger partial charge in [0.2, 0.25) is 5.78 Å². The van der Waals surface area contributed by atoms with Crippen LogP contribution in [-0.2, 0) is 6.54 Å². The van der Waals surface area contributed by atoms with Crippen LogP contribution in [0.5, 0.6) is 0 Å². The summed E-state index contributed by atoms with van der Waals surface area (Å²) in [5.74, 6) is -2.31. The number of aromatic amines is 1. The van der Waals surface area contributed by atoms with Gasteiger partial charge in [-0.25, -0.2) is 18.7 Å². The molecule has 0 amide bonds. The van der Waals surface area contributed by atoms with Gasteiger partial charge in [-0.2, -0.15) is 5.10 Å². The molecule has 9 heteroatoms. The standard InChI is InChI=1S/C18H14F2N6O/c1-2-26-8-10(6-24-26)25-18-14-11(7-21-17(14)22-9-23-18)16(27)15-12(19)4-3-5-13(15)20/h3-9H,2H2,1H3,(H2,21,22,23,25). The monoisotopic (exact) mass is 368 g/mol. The van der Waals surface area contributed by atoms with E-state index in [2.05, 4.69) is 25.4 Å². The summed E-state index contributed by atoms with van der Waals surface area (Å²) in [7, 11) is 0. The van der Waals surface area contributed by atoms with Crippen LogP contribution in [0.1, 0.15) is 22.8 Å². The highest BCUT2D eigenvalue weighted by atomic mass is 19.1. The summed E-state index contributed by atoms with van der Waals surface area (Å²) in [6.07, 6.45) is 6.08. The predicted octanol–water partition coefficient (Wildman–Crippen LogP) is 3.43. The Kier molecular flexibility index (Phi) is 4.11. The number of hydrogen-bond acceptors (Lipinski definition) is 5. The molecule has 0 unspecified atom stereocenters. The second kappa shape index (κ2) is 6.60. The SMILES string of the molecule is CCn1cc(Nc2ncnc3[nH]cc(C(=O)c4c(F)cccc4F)c23)cn1. The van der Waals surface area contributed by atoms with Crippen LogP contribution in [0.4, 0.5) is 20.3 Å². The van der Waals surface area contributed by atoms with Gasteiger partial charge >= 0.3 is 0 Å². The van der Waals surface area contributed by atoms with Gasteiger partial charge in [-0.15, -0.1) is 0 Å². The van der Waals surface area contributed by atoms with E-state index in [-0.39, 0.29) is 5.56 Å². The molecule has 0 aliphatic rings. The van der Waals surface area contributed by atoms with E-state index < -0.39 is 23.0 Å². The molecule has 0 atom stereocenters. The van der Waals surface area contributed by atoms with Crippen LogP contribution in [0.15, 0.2) is 43.1 Å². The van der Waals surface area contributed by atoms with Gasteiger partial charge in [0.05, 0.1) is 28.4 Å². The quantitative estimate of drug-likeness (QED) is 0.527. The Bertz CT molecular complexity index is 1130. The zero-order chi connectivity index (χ0) is 19.0. The lowest BCUT2D eigenvalue weighted by Crippen LogP contribution is -2.08. The fourth-order valence-electron chi connectivity index (χ4n) is 2.82. The molecule has 7 nitrogen and oxygen atoms in total. The molecule has 3 aromatic heterocycles. The van der Waals surface area contributed by atoms with Crippen molar-refractivity contribution in [2.45, 2.75) is 13.5 Å². The lowest BCUT2D eigenvalue weighted by atomic mass is 10.0. The first-order chi connectivity index (χ1) is 13.1. The highest BCUT2D eigenvalue weighted by molar-refractivity contribution is 6.18. The maximum absolute atomic E-state index is 14.1. The number of benzene rings is 1. The van der Waals surface area contributed by atoms with E-state index in [1.165, 1.54) is 18.6 Å². The number of carbonyl (C=O) groups is 1. The molecule has 0 aliphatic carbocycles. The van der Waals surface area contributed by atoms with Crippen LogP contribution in [0.3, 0.4) is 0 Å². The molecule has 0 radical (unpaired) electrons. The van der Waals surface area contributed by atoms with E-state index >= 15 is 0 Å². The molecule has 3 heterocycles. The van der Waals surface area contributed by atoms with Crippen molar-refractivity contribution >= 4 is 28.3 Å². The maximum atomic E-state index is 14.1. The van der Waals surface area contributed by atoms with E-state index in [9.17, 15) is 13.6 Å². The molecular weight excluding hydrogens is 354 g/mol. The molecule has 2 N–H and O–H groups in total. The van der Waals surface area contributed by atoms with Crippen molar-refractivity contribution in [2.75, 3.05) is 5.32 Å². The minimum atomic E-state index is -0.926. The fourth-order valence-corrected chi connectivity index (χ4v) is 2.82. The molecule has 27 heavy (non-hydrogen) atoms. The van der Waals surface area contributed by atoms with Crippen molar-refractivity contribution in [1.82, 2.24) is 24.7 Å². The van der Waals surface area contributed by atoms with E-state index in [4.69, 9.17) is 0 Å². The number of aryl methyl sites for hydroxylation is 1. The van der Waals surface area contributed by atoms with Gasteiger partial charge < -0.3 is 10.3 Å². The van der Waals surface area contributed by atoms with Crippen LogP contribution < -0.4 is 5.32 Å². The summed E-state index contributed by atoms with van der Waals surface area (Å²) < 4.78 is 29.8. The van der Waals surface area contributed by atoms with Crippen molar-refractivity contribution < 1.29 is 13.6 Å². The Hall–Kier alpha value is -3.62. The molecule has 0 saturated carbocycles. The number of halogens is 2. The number of carbonyl (C=O) groups excluding carboxylic acids is 1. The van der Waals surface area contributed by atoms with E-state index in [0.717, 1.165) is 12.1 Å². The Morgan fingerprint density at radius 2 is 2.04 bits per heavy atom. The minimum absolute atomic E-state index is 0.0694. The molecule has 0 spiro atoms. The number of ketones is 1.